The highest BCUT2D eigenvalue weighted by atomic mass is 32.1. The summed E-state index contributed by atoms with van der Waals surface area (Å²) >= 11 is 10.3. The molecule has 0 atom stereocenters. The maximum Gasteiger partial charge on any atom is -0.00655 e. The Morgan fingerprint density at radius 2 is 1.10 bits per heavy atom. The van der Waals surface area contributed by atoms with Gasteiger partial charge in [0.25, 0.3) is 0 Å². The third-order valence-electron chi connectivity index (χ3n) is 2.63. The molecular formula is C8H10S2. The van der Waals surface area contributed by atoms with E-state index in [2.05, 4.69) is 0 Å². The van der Waals surface area contributed by atoms with Crippen LogP contribution in [0.4, 0.5) is 0 Å². The van der Waals surface area contributed by atoms with E-state index in [1.807, 2.05) is 0 Å². The summed E-state index contributed by atoms with van der Waals surface area (Å²) in [6.45, 7) is 0. The molecule has 0 aliphatic heterocycles. The summed E-state index contributed by atoms with van der Waals surface area (Å²) in [6.07, 6.45) is 4.72. The van der Waals surface area contributed by atoms with Gasteiger partial charge in [0.2, 0.25) is 0 Å². The summed E-state index contributed by atoms with van der Waals surface area (Å²) in [7, 11) is 0. The zero-order chi connectivity index (χ0) is 7.14. The van der Waals surface area contributed by atoms with Gasteiger partial charge in [0.05, 0.1) is 0 Å². The van der Waals surface area contributed by atoms with Crippen molar-refractivity contribution in [2.45, 2.75) is 25.7 Å². The SMILES string of the molecule is S=C1CC2CC(=S)CC2C1. The van der Waals surface area contributed by atoms with Gasteiger partial charge in [0, 0.05) is 0 Å². The molecule has 0 spiro atoms. The number of hydrogen-bond acceptors (Lipinski definition) is 2. The van der Waals surface area contributed by atoms with Gasteiger partial charge in [-0.2, -0.15) is 0 Å². The molecule has 0 saturated heterocycles. The van der Waals surface area contributed by atoms with Crippen LogP contribution in [-0.2, 0) is 0 Å². The molecule has 0 N–H and O–H groups in total. The molecule has 2 heteroatoms. The fourth-order valence-corrected chi connectivity index (χ4v) is 3.00. The minimum absolute atomic E-state index is 0.847. The predicted molar refractivity (Wildman–Crippen MR) is 50.6 cm³/mol. The topological polar surface area (TPSA) is 0 Å². The second-order valence-corrected chi connectivity index (χ2v) is 4.57. The van der Waals surface area contributed by atoms with E-state index in [4.69, 9.17) is 24.4 Å². The minimum atomic E-state index is 0.847. The average Bonchev–Trinajstić information content (AvgIpc) is 2.21. The number of hydrogen-bond donors (Lipinski definition) is 0. The van der Waals surface area contributed by atoms with Gasteiger partial charge in [0.15, 0.2) is 0 Å². The molecule has 2 aliphatic carbocycles. The first-order valence-corrected chi connectivity index (χ1v) is 4.61. The predicted octanol–water partition coefficient (Wildman–Crippen LogP) is 2.55. The Hall–Kier alpha value is 0.180. The van der Waals surface area contributed by atoms with E-state index in [1.54, 1.807) is 0 Å². The van der Waals surface area contributed by atoms with Crippen LogP contribution in [0.3, 0.4) is 0 Å². The van der Waals surface area contributed by atoms with E-state index in [0.29, 0.717) is 0 Å². The summed E-state index contributed by atoms with van der Waals surface area (Å²) in [6, 6.07) is 0. The number of thiocarbonyl (C=S) groups is 2. The van der Waals surface area contributed by atoms with E-state index in [9.17, 15) is 0 Å². The van der Waals surface area contributed by atoms with Crippen molar-refractivity contribution < 1.29 is 0 Å². The van der Waals surface area contributed by atoms with Crippen molar-refractivity contribution in [1.82, 2.24) is 0 Å². The Labute approximate surface area is 72.0 Å². The quantitative estimate of drug-likeness (QED) is 0.512. The standard InChI is InChI=1S/C8H10S2/c9-7-1-5-2-8(10)4-6(5)3-7/h5-6H,1-4H2. The van der Waals surface area contributed by atoms with Crippen LogP contribution < -0.4 is 0 Å². The molecule has 54 valence electrons. The lowest BCUT2D eigenvalue weighted by Gasteiger charge is -2.02. The summed E-state index contributed by atoms with van der Waals surface area (Å²) in [5, 5.41) is 0. The van der Waals surface area contributed by atoms with Gasteiger partial charge in [-0.15, -0.1) is 0 Å². The van der Waals surface area contributed by atoms with E-state index in [-0.39, 0.29) is 0 Å². The molecule has 0 aromatic carbocycles. The Bertz CT molecular complexity index is 157. The highest BCUT2D eigenvalue weighted by Gasteiger charge is 2.36. The highest BCUT2D eigenvalue weighted by molar-refractivity contribution is 7.80. The first kappa shape index (κ1) is 6.86. The van der Waals surface area contributed by atoms with E-state index >= 15 is 0 Å². The molecule has 2 rings (SSSR count). The smallest absolute Gasteiger partial charge is 0.00655 e. The van der Waals surface area contributed by atoms with Crippen LogP contribution in [0.2, 0.25) is 0 Å². The summed E-state index contributed by atoms with van der Waals surface area (Å²) in [5.74, 6) is 1.69. The molecule has 2 fully saturated rings. The molecule has 2 aliphatic rings. The zero-order valence-corrected chi connectivity index (χ0v) is 7.43. The van der Waals surface area contributed by atoms with Crippen molar-refractivity contribution in [3.8, 4) is 0 Å². The molecule has 0 heterocycles. The van der Waals surface area contributed by atoms with Crippen molar-refractivity contribution in [2.75, 3.05) is 0 Å². The Kier molecular flexibility index (Phi) is 1.61. The van der Waals surface area contributed by atoms with E-state index in [0.717, 1.165) is 11.8 Å². The molecule has 0 amide bonds. The first-order chi connectivity index (χ1) is 4.75. The second-order valence-electron chi connectivity index (χ2n) is 3.41. The summed E-state index contributed by atoms with van der Waals surface area (Å²) in [4.78, 5) is 2.58. The molecule has 0 aromatic heterocycles. The Morgan fingerprint density at radius 1 is 0.800 bits per heavy atom. The molecule has 0 nitrogen and oxygen atoms in total. The number of rotatable bonds is 0. The lowest BCUT2D eigenvalue weighted by atomic mass is 10.0. The maximum absolute atomic E-state index is 5.17. The fraction of sp³-hybridized carbons (Fsp3) is 0.750. The molecule has 0 unspecified atom stereocenters. The molecule has 0 bridgehead atoms. The molecule has 10 heavy (non-hydrogen) atoms. The van der Waals surface area contributed by atoms with Crippen LogP contribution in [0.15, 0.2) is 0 Å². The van der Waals surface area contributed by atoms with Gasteiger partial charge in [-0.05, 0) is 47.2 Å². The van der Waals surface area contributed by atoms with Gasteiger partial charge in [-0.25, -0.2) is 0 Å². The van der Waals surface area contributed by atoms with Crippen molar-refractivity contribution in [2.24, 2.45) is 11.8 Å². The Morgan fingerprint density at radius 3 is 1.40 bits per heavy atom. The average molecular weight is 170 g/mol. The third kappa shape index (κ3) is 1.04. The molecule has 0 radical (unpaired) electrons. The second kappa shape index (κ2) is 2.35. The minimum Gasteiger partial charge on any atom is -0.0897 e. The largest absolute Gasteiger partial charge is 0.0897 e. The van der Waals surface area contributed by atoms with Crippen molar-refractivity contribution >= 4 is 34.2 Å². The van der Waals surface area contributed by atoms with Gasteiger partial charge in [-0.3, -0.25) is 0 Å². The van der Waals surface area contributed by atoms with Crippen LogP contribution in [0, 0.1) is 11.8 Å². The fourth-order valence-electron chi connectivity index (χ4n) is 2.15. The molecule has 2 saturated carbocycles. The van der Waals surface area contributed by atoms with E-state index < -0.39 is 0 Å². The lowest BCUT2D eigenvalue weighted by molar-refractivity contribution is 0.457. The van der Waals surface area contributed by atoms with Crippen LogP contribution >= 0.6 is 24.4 Å². The van der Waals surface area contributed by atoms with Crippen LogP contribution in [0.5, 0.6) is 0 Å². The number of fused-ring (bicyclic) bond motifs is 1. The van der Waals surface area contributed by atoms with Crippen LogP contribution in [0.1, 0.15) is 25.7 Å². The lowest BCUT2D eigenvalue weighted by Crippen LogP contribution is -1.95. The molecular weight excluding hydrogens is 160 g/mol. The van der Waals surface area contributed by atoms with Crippen LogP contribution in [0.25, 0.3) is 0 Å². The van der Waals surface area contributed by atoms with Gasteiger partial charge >= 0.3 is 0 Å². The first-order valence-electron chi connectivity index (χ1n) is 3.79. The molecule has 0 aromatic rings. The van der Waals surface area contributed by atoms with Crippen molar-refractivity contribution in [3.63, 3.8) is 0 Å². The van der Waals surface area contributed by atoms with Crippen molar-refractivity contribution in [3.05, 3.63) is 0 Å². The van der Waals surface area contributed by atoms with Gasteiger partial charge in [0.1, 0.15) is 0 Å². The van der Waals surface area contributed by atoms with E-state index in [1.165, 1.54) is 35.4 Å². The van der Waals surface area contributed by atoms with Crippen molar-refractivity contribution in [1.29, 1.82) is 0 Å². The summed E-state index contributed by atoms with van der Waals surface area (Å²) < 4.78 is 0. The van der Waals surface area contributed by atoms with Gasteiger partial charge in [-0.1, -0.05) is 24.4 Å². The third-order valence-corrected chi connectivity index (χ3v) is 3.29. The maximum atomic E-state index is 5.17. The highest BCUT2D eigenvalue weighted by Crippen LogP contribution is 2.41. The van der Waals surface area contributed by atoms with Crippen LogP contribution in [-0.4, -0.2) is 9.73 Å². The summed E-state index contributed by atoms with van der Waals surface area (Å²) in [5.41, 5.74) is 0. The van der Waals surface area contributed by atoms with Gasteiger partial charge < -0.3 is 0 Å². The Balaban J connectivity index is 2.12. The monoisotopic (exact) mass is 170 g/mol. The normalized spacial score (nSPS) is 38.8. The zero-order valence-electron chi connectivity index (χ0n) is 5.80.